The van der Waals surface area contributed by atoms with E-state index in [4.69, 9.17) is 5.11 Å². The van der Waals surface area contributed by atoms with Crippen molar-refractivity contribution in [3.8, 4) is 0 Å². The van der Waals surface area contributed by atoms with Crippen molar-refractivity contribution < 1.29 is 13.5 Å². The molecule has 3 N–H and O–H groups in total. The summed E-state index contributed by atoms with van der Waals surface area (Å²) in [6.45, 7) is 1.52. The number of aliphatic hydroxyl groups excluding tert-OH is 1. The zero-order chi connectivity index (χ0) is 14.4. The van der Waals surface area contributed by atoms with Gasteiger partial charge in [0.05, 0.1) is 0 Å². The lowest BCUT2D eigenvalue weighted by molar-refractivity contribution is 0.169. The third kappa shape index (κ3) is 4.27. The first-order chi connectivity index (χ1) is 9.62. The first-order valence-electron chi connectivity index (χ1n) is 6.95. The summed E-state index contributed by atoms with van der Waals surface area (Å²) in [5.41, 5.74) is 0. The molecular formula is C12H22N4O3S. The maximum absolute atomic E-state index is 12.1. The normalized spacial score (nSPS) is 18.4. The molecule has 0 unspecified atom stereocenters. The summed E-state index contributed by atoms with van der Waals surface area (Å²) in [6.07, 6.45) is 6.32. The number of rotatable bonds is 7. The molecule has 114 valence electrons. The molecule has 1 aliphatic rings. The van der Waals surface area contributed by atoms with Gasteiger partial charge in [-0.25, -0.2) is 9.71 Å². The Morgan fingerprint density at radius 1 is 1.45 bits per heavy atom. The number of aliphatic hydroxyl groups is 1. The van der Waals surface area contributed by atoms with Crippen molar-refractivity contribution in [2.24, 2.45) is 5.92 Å². The Hall–Kier alpha value is -0.960. The van der Waals surface area contributed by atoms with Crippen molar-refractivity contribution in [3.05, 3.63) is 18.2 Å². The third-order valence-electron chi connectivity index (χ3n) is 3.60. The molecule has 0 spiro atoms. The number of imidazole rings is 1. The van der Waals surface area contributed by atoms with Crippen molar-refractivity contribution >= 4 is 10.2 Å². The van der Waals surface area contributed by atoms with E-state index in [9.17, 15) is 8.42 Å². The van der Waals surface area contributed by atoms with Gasteiger partial charge in [0.15, 0.2) is 0 Å². The molecule has 2 rings (SSSR count). The van der Waals surface area contributed by atoms with E-state index in [-0.39, 0.29) is 12.5 Å². The number of piperidine rings is 1. The van der Waals surface area contributed by atoms with Gasteiger partial charge in [-0.05, 0) is 25.2 Å². The monoisotopic (exact) mass is 302 g/mol. The Morgan fingerprint density at radius 2 is 2.20 bits per heavy atom. The number of H-pyrrole nitrogens is 1. The molecule has 0 amide bonds. The molecule has 0 radical (unpaired) electrons. The quantitative estimate of drug-likeness (QED) is 0.612. The lowest BCUT2D eigenvalue weighted by atomic mass is 10.00. The van der Waals surface area contributed by atoms with Crippen LogP contribution in [0, 0.1) is 5.92 Å². The number of aromatic nitrogens is 2. The van der Waals surface area contributed by atoms with Crippen LogP contribution in [0.5, 0.6) is 0 Å². The van der Waals surface area contributed by atoms with Crippen LogP contribution >= 0.6 is 0 Å². The van der Waals surface area contributed by atoms with Crippen molar-refractivity contribution in [3.63, 3.8) is 0 Å². The van der Waals surface area contributed by atoms with Crippen molar-refractivity contribution in [2.45, 2.75) is 25.7 Å². The van der Waals surface area contributed by atoms with Gasteiger partial charge in [-0.2, -0.15) is 12.7 Å². The molecule has 0 saturated carbocycles. The minimum Gasteiger partial charge on any atom is -0.396 e. The topological polar surface area (TPSA) is 98.3 Å². The molecule has 1 fully saturated rings. The smallest absolute Gasteiger partial charge is 0.279 e. The Bertz CT molecular complexity index is 481. The zero-order valence-corrected chi connectivity index (χ0v) is 12.3. The second kappa shape index (κ2) is 7.16. The summed E-state index contributed by atoms with van der Waals surface area (Å²) in [5.74, 6) is 1.10. The molecule has 0 aliphatic carbocycles. The van der Waals surface area contributed by atoms with Gasteiger partial charge in [0, 0.05) is 45.1 Å². The van der Waals surface area contributed by atoms with Gasteiger partial charge in [0.2, 0.25) is 0 Å². The average molecular weight is 302 g/mol. The Balaban J connectivity index is 1.71. The van der Waals surface area contributed by atoms with Gasteiger partial charge in [-0.15, -0.1) is 0 Å². The molecule has 1 saturated heterocycles. The van der Waals surface area contributed by atoms with Crippen molar-refractivity contribution in [1.82, 2.24) is 19.0 Å². The van der Waals surface area contributed by atoms with Crippen LogP contribution in [0.2, 0.25) is 0 Å². The van der Waals surface area contributed by atoms with Crippen LogP contribution in [0.4, 0.5) is 0 Å². The molecule has 7 nitrogen and oxygen atoms in total. The summed E-state index contributed by atoms with van der Waals surface area (Å²) in [7, 11) is -3.38. The summed E-state index contributed by atoms with van der Waals surface area (Å²) < 4.78 is 28.2. The van der Waals surface area contributed by atoms with Crippen LogP contribution in [0.1, 0.15) is 25.1 Å². The largest absolute Gasteiger partial charge is 0.396 e. The standard InChI is InChI=1S/C12H22N4O3S/c17-10-11-3-8-16(9-4-11)20(18,19)15-5-1-2-12-13-6-7-14-12/h6-7,11,15,17H,1-5,8-10H2,(H,13,14). The number of nitrogens with zero attached hydrogens (tertiary/aromatic N) is 2. The Kier molecular flexibility index (Phi) is 5.53. The summed E-state index contributed by atoms with van der Waals surface area (Å²) in [6, 6.07) is 0. The van der Waals surface area contributed by atoms with Crippen molar-refractivity contribution in [1.29, 1.82) is 0 Å². The highest BCUT2D eigenvalue weighted by molar-refractivity contribution is 7.87. The van der Waals surface area contributed by atoms with Gasteiger partial charge >= 0.3 is 0 Å². The predicted molar refractivity (Wildman–Crippen MR) is 75.2 cm³/mol. The number of hydrogen-bond acceptors (Lipinski definition) is 4. The number of hydrogen-bond donors (Lipinski definition) is 3. The highest BCUT2D eigenvalue weighted by Gasteiger charge is 2.27. The molecule has 0 aromatic carbocycles. The van der Waals surface area contributed by atoms with E-state index < -0.39 is 10.2 Å². The maximum Gasteiger partial charge on any atom is 0.279 e. The second-order valence-electron chi connectivity index (χ2n) is 5.06. The van der Waals surface area contributed by atoms with Crippen LogP contribution in [-0.4, -0.2) is 54.0 Å². The van der Waals surface area contributed by atoms with Crippen LogP contribution in [0.3, 0.4) is 0 Å². The molecule has 1 aliphatic heterocycles. The fourth-order valence-electron chi connectivity index (χ4n) is 2.32. The molecule has 2 heterocycles. The number of aryl methyl sites for hydroxylation is 1. The average Bonchev–Trinajstić information content (AvgIpc) is 2.97. The first-order valence-corrected chi connectivity index (χ1v) is 8.39. The Labute approximate surface area is 119 Å². The van der Waals surface area contributed by atoms with Gasteiger partial charge in [0.1, 0.15) is 5.82 Å². The fourth-order valence-corrected chi connectivity index (χ4v) is 3.59. The van der Waals surface area contributed by atoms with Crippen LogP contribution in [-0.2, 0) is 16.6 Å². The second-order valence-corrected chi connectivity index (χ2v) is 6.82. The summed E-state index contributed by atoms with van der Waals surface area (Å²) in [4.78, 5) is 7.08. The van der Waals surface area contributed by atoms with Crippen LogP contribution < -0.4 is 4.72 Å². The van der Waals surface area contributed by atoms with Crippen LogP contribution in [0.15, 0.2) is 12.4 Å². The lowest BCUT2D eigenvalue weighted by Gasteiger charge is -2.30. The minimum atomic E-state index is -3.38. The molecule has 20 heavy (non-hydrogen) atoms. The highest BCUT2D eigenvalue weighted by Crippen LogP contribution is 2.18. The van der Waals surface area contributed by atoms with E-state index in [2.05, 4.69) is 14.7 Å². The first kappa shape index (κ1) is 15.4. The summed E-state index contributed by atoms with van der Waals surface area (Å²) in [5, 5.41) is 9.05. The molecular weight excluding hydrogens is 280 g/mol. The molecule has 8 heteroatoms. The van der Waals surface area contributed by atoms with Gasteiger partial charge < -0.3 is 10.1 Å². The third-order valence-corrected chi connectivity index (χ3v) is 5.22. The highest BCUT2D eigenvalue weighted by atomic mass is 32.2. The van der Waals surface area contributed by atoms with Crippen molar-refractivity contribution in [2.75, 3.05) is 26.2 Å². The molecule has 0 atom stereocenters. The maximum atomic E-state index is 12.1. The van der Waals surface area contributed by atoms with E-state index in [1.54, 1.807) is 12.4 Å². The molecule has 0 bridgehead atoms. The predicted octanol–water partition coefficient (Wildman–Crippen LogP) is -0.119. The minimum absolute atomic E-state index is 0.143. The number of nitrogens with one attached hydrogen (secondary N) is 2. The van der Waals surface area contributed by atoms with E-state index in [0.717, 1.165) is 25.1 Å². The van der Waals surface area contributed by atoms with Gasteiger partial charge in [-0.1, -0.05) is 0 Å². The van der Waals surface area contributed by atoms with E-state index >= 15 is 0 Å². The SMILES string of the molecule is O=S(=O)(NCCCc1ncc[nH]1)N1CCC(CO)CC1. The van der Waals surface area contributed by atoms with Gasteiger partial charge in [-0.3, -0.25) is 0 Å². The Morgan fingerprint density at radius 3 is 2.80 bits per heavy atom. The molecule has 1 aromatic heterocycles. The van der Waals surface area contributed by atoms with Gasteiger partial charge in [0.25, 0.3) is 10.2 Å². The van der Waals surface area contributed by atoms with Crippen LogP contribution in [0.25, 0.3) is 0 Å². The fraction of sp³-hybridized carbons (Fsp3) is 0.750. The zero-order valence-electron chi connectivity index (χ0n) is 11.5. The number of aromatic amines is 1. The van der Waals surface area contributed by atoms with E-state index in [1.165, 1.54) is 4.31 Å². The lowest BCUT2D eigenvalue weighted by Crippen LogP contribution is -2.45. The molecule has 1 aromatic rings. The van der Waals surface area contributed by atoms with E-state index in [0.29, 0.717) is 26.1 Å². The summed E-state index contributed by atoms with van der Waals surface area (Å²) >= 11 is 0. The van der Waals surface area contributed by atoms with E-state index in [1.807, 2.05) is 0 Å².